The van der Waals surface area contributed by atoms with Crippen LogP contribution >= 0.6 is 23.2 Å². The Bertz CT molecular complexity index is 1160. The summed E-state index contributed by atoms with van der Waals surface area (Å²) in [7, 11) is 1.71. The van der Waals surface area contributed by atoms with Crippen molar-refractivity contribution < 1.29 is 23.0 Å². The van der Waals surface area contributed by atoms with Gasteiger partial charge in [0.15, 0.2) is 6.23 Å². The van der Waals surface area contributed by atoms with E-state index in [1.54, 1.807) is 18.5 Å². The quantitative estimate of drug-likeness (QED) is 0.554. The molecule has 1 aliphatic rings. The van der Waals surface area contributed by atoms with Gasteiger partial charge in [0, 0.05) is 49.4 Å². The fraction of sp³-hybridized carbons (Fsp3) is 0.409. The summed E-state index contributed by atoms with van der Waals surface area (Å²) in [5, 5.41) is 12.1. The van der Waals surface area contributed by atoms with Crippen molar-refractivity contribution in [2.45, 2.75) is 25.7 Å². The predicted octanol–water partition coefficient (Wildman–Crippen LogP) is 5.12. The summed E-state index contributed by atoms with van der Waals surface area (Å²) < 4.78 is 46.9. The molecule has 3 heterocycles. The Morgan fingerprint density at radius 2 is 1.88 bits per heavy atom. The van der Waals surface area contributed by atoms with Crippen LogP contribution in [-0.2, 0) is 24.4 Å². The van der Waals surface area contributed by atoms with Crippen LogP contribution in [-0.4, -0.2) is 45.9 Å². The maximum Gasteiger partial charge on any atom is 0.416 e. The average Bonchev–Trinajstić information content (AvgIpc) is 3.07. The van der Waals surface area contributed by atoms with Crippen LogP contribution in [0.2, 0.25) is 10.0 Å². The summed E-state index contributed by atoms with van der Waals surface area (Å²) in [5.74, 6) is 0. The lowest BCUT2D eigenvalue weighted by Gasteiger charge is -2.31. The molecule has 0 saturated carbocycles. The maximum atomic E-state index is 13.3. The number of alkyl halides is 3. The number of pyridine rings is 1. The lowest BCUT2D eigenvalue weighted by Crippen LogP contribution is -2.39. The zero-order chi connectivity index (χ0) is 23.2. The number of aliphatic hydroxyl groups is 1. The highest BCUT2D eigenvalue weighted by Crippen LogP contribution is 2.36. The molecule has 0 spiro atoms. The first-order valence-electron chi connectivity index (χ1n) is 10.1. The molecule has 1 N–H and O–H groups in total. The van der Waals surface area contributed by atoms with E-state index in [0.29, 0.717) is 53.7 Å². The second-order valence-corrected chi connectivity index (χ2v) is 8.69. The van der Waals surface area contributed by atoms with Crippen molar-refractivity contribution in [2.24, 2.45) is 7.05 Å². The predicted molar refractivity (Wildman–Crippen MR) is 117 cm³/mol. The third-order valence-corrected chi connectivity index (χ3v) is 6.63. The zero-order valence-electron chi connectivity index (χ0n) is 17.5. The summed E-state index contributed by atoms with van der Waals surface area (Å²) in [6, 6.07) is 4.14. The van der Waals surface area contributed by atoms with Gasteiger partial charge in [0.05, 0.1) is 28.8 Å². The van der Waals surface area contributed by atoms with E-state index in [4.69, 9.17) is 27.9 Å². The van der Waals surface area contributed by atoms with E-state index in [9.17, 15) is 18.3 Å². The van der Waals surface area contributed by atoms with Crippen molar-refractivity contribution in [3.05, 3.63) is 62.5 Å². The molecule has 10 heteroatoms. The molecule has 0 bridgehead atoms. The molecule has 4 rings (SSSR count). The van der Waals surface area contributed by atoms with Crippen molar-refractivity contribution in [2.75, 3.05) is 26.3 Å². The number of fused-ring (bicyclic) bond motifs is 1. The van der Waals surface area contributed by atoms with E-state index in [-0.39, 0.29) is 11.4 Å². The van der Waals surface area contributed by atoms with Crippen molar-refractivity contribution in [3.63, 3.8) is 0 Å². The fourth-order valence-electron chi connectivity index (χ4n) is 4.03. The van der Waals surface area contributed by atoms with Gasteiger partial charge in [-0.1, -0.05) is 23.2 Å². The Morgan fingerprint density at radius 3 is 2.53 bits per heavy atom. The second kappa shape index (κ2) is 8.83. The second-order valence-electron chi connectivity index (χ2n) is 7.90. The average molecular weight is 488 g/mol. The van der Waals surface area contributed by atoms with Gasteiger partial charge in [-0.05, 0) is 36.2 Å². The first-order chi connectivity index (χ1) is 15.1. The van der Waals surface area contributed by atoms with E-state index in [0.717, 1.165) is 23.2 Å². The monoisotopic (exact) mass is 487 g/mol. The minimum atomic E-state index is -4.42. The summed E-state index contributed by atoms with van der Waals surface area (Å²) in [5.41, 5.74) is 1.91. The molecule has 2 aromatic heterocycles. The Kier molecular flexibility index (Phi) is 6.44. The first-order valence-corrected chi connectivity index (χ1v) is 10.8. The number of aliphatic hydroxyl groups excluding tert-OH is 1. The van der Waals surface area contributed by atoms with Crippen LogP contribution in [0, 0.1) is 6.92 Å². The van der Waals surface area contributed by atoms with Gasteiger partial charge in [-0.25, -0.2) is 0 Å². The zero-order valence-corrected chi connectivity index (χ0v) is 19.0. The largest absolute Gasteiger partial charge is 0.416 e. The molecule has 1 fully saturated rings. The summed E-state index contributed by atoms with van der Waals surface area (Å²) in [6.07, 6.45) is -3.72. The van der Waals surface area contributed by atoms with Gasteiger partial charge in [-0.15, -0.1) is 0 Å². The molecule has 1 unspecified atom stereocenters. The molecule has 0 radical (unpaired) electrons. The molecule has 5 nitrogen and oxygen atoms in total. The molecule has 0 amide bonds. The van der Waals surface area contributed by atoms with Crippen LogP contribution in [0.25, 0.3) is 10.9 Å². The van der Waals surface area contributed by atoms with Gasteiger partial charge in [0.1, 0.15) is 5.69 Å². The summed E-state index contributed by atoms with van der Waals surface area (Å²) in [4.78, 5) is 6.06. The smallest absolute Gasteiger partial charge is 0.379 e. The highest BCUT2D eigenvalue weighted by Gasteiger charge is 2.32. The number of hydrogen-bond donors (Lipinski definition) is 1. The Labute approximate surface area is 193 Å². The highest BCUT2D eigenvalue weighted by molar-refractivity contribution is 6.36. The van der Waals surface area contributed by atoms with Crippen molar-refractivity contribution in [1.82, 2.24) is 14.5 Å². The number of aryl methyl sites for hydroxylation is 2. The Morgan fingerprint density at radius 1 is 1.19 bits per heavy atom. The van der Waals surface area contributed by atoms with Gasteiger partial charge in [-0.2, -0.15) is 13.2 Å². The molecule has 1 aliphatic heterocycles. The van der Waals surface area contributed by atoms with E-state index in [2.05, 4.69) is 4.98 Å². The molecule has 32 heavy (non-hydrogen) atoms. The van der Waals surface area contributed by atoms with E-state index < -0.39 is 18.0 Å². The lowest BCUT2D eigenvalue weighted by molar-refractivity contribution is -0.137. The van der Waals surface area contributed by atoms with E-state index >= 15 is 0 Å². The van der Waals surface area contributed by atoms with Gasteiger partial charge < -0.3 is 14.4 Å². The van der Waals surface area contributed by atoms with E-state index in [1.165, 1.54) is 6.20 Å². The molecular weight excluding hydrogens is 466 g/mol. The lowest BCUT2D eigenvalue weighted by atomic mass is 10.1. The Hall–Kier alpha value is -1.84. The van der Waals surface area contributed by atoms with Crippen LogP contribution < -0.4 is 0 Å². The van der Waals surface area contributed by atoms with E-state index in [1.807, 2.05) is 11.0 Å². The number of morpholine rings is 1. The molecule has 1 saturated heterocycles. The molecule has 172 valence electrons. The van der Waals surface area contributed by atoms with Crippen LogP contribution in [0.15, 0.2) is 24.4 Å². The number of benzene rings is 1. The van der Waals surface area contributed by atoms with Crippen LogP contribution in [0.5, 0.6) is 0 Å². The van der Waals surface area contributed by atoms with Crippen molar-refractivity contribution in [1.29, 1.82) is 0 Å². The molecule has 1 atom stereocenters. The SMILES string of the molecule is Cc1cc(C(F)(F)F)cc2c1cc(Cc1c(Cl)cnc(C(O)N3CCOCC3)c1Cl)n2C. The Balaban J connectivity index is 1.72. The third-order valence-electron chi connectivity index (χ3n) is 5.88. The number of nitrogens with zero attached hydrogens (tertiary/aromatic N) is 3. The molecule has 3 aromatic rings. The number of ether oxygens (including phenoxy) is 1. The molecule has 0 aliphatic carbocycles. The summed E-state index contributed by atoms with van der Waals surface area (Å²) in [6.45, 7) is 3.75. The number of halogens is 5. The normalized spacial score (nSPS) is 16.6. The number of aromatic nitrogens is 2. The van der Waals surface area contributed by atoms with Gasteiger partial charge in [0.2, 0.25) is 0 Å². The first kappa shape index (κ1) is 23.3. The van der Waals surface area contributed by atoms with Gasteiger partial charge in [0.25, 0.3) is 0 Å². The highest BCUT2D eigenvalue weighted by atomic mass is 35.5. The van der Waals surface area contributed by atoms with Crippen LogP contribution in [0.4, 0.5) is 13.2 Å². The number of rotatable bonds is 4. The van der Waals surface area contributed by atoms with Crippen molar-refractivity contribution >= 4 is 34.1 Å². The standard InChI is InChI=1S/C22H22Cl2F3N3O2/c1-12-7-13(22(25,26)27)8-18-15(12)9-14(29(18)2)10-16-17(23)11-28-20(19(16)24)21(31)30-3-5-32-6-4-30/h7-9,11,21,31H,3-6,10H2,1-2H3. The molecule has 1 aromatic carbocycles. The van der Waals surface area contributed by atoms with Gasteiger partial charge >= 0.3 is 6.18 Å². The van der Waals surface area contributed by atoms with Gasteiger partial charge in [-0.3, -0.25) is 9.88 Å². The molecular formula is C22H22Cl2F3N3O2. The summed E-state index contributed by atoms with van der Waals surface area (Å²) >= 11 is 13.0. The van der Waals surface area contributed by atoms with Crippen LogP contribution in [0.3, 0.4) is 0 Å². The third kappa shape index (κ3) is 4.34. The minimum Gasteiger partial charge on any atom is -0.379 e. The number of hydrogen-bond acceptors (Lipinski definition) is 4. The fourth-order valence-corrected chi connectivity index (χ4v) is 4.61. The minimum absolute atomic E-state index is 0.245. The maximum absolute atomic E-state index is 13.3. The van der Waals surface area contributed by atoms with Crippen LogP contribution in [0.1, 0.15) is 34.3 Å². The topological polar surface area (TPSA) is 50.5 Å². The van der Waals surface area contributed by atoms with Crippen molar-refractivity contribution in [3.8, 4) is 0 Å².